The third kappa shape index (κ3) is 5.73. The van der Waals surface area contributed by atoms with Crippen LogP contribution >= 0.6 is 0 Å². The fraction of sp³-hybridized carbons (Fsp3) is 0.429. The Hall–Kier alpha value is -2.58. The van der Waals surface area contributed by atoms with E-state index >= 15 is 0 Å². The third-order valence-corrected chi connectivity index (χ3v) is 5.20. The van der Waals surface area contributed by atoms with E-state index in [1.807, 2.05) is 0 Å². The van der Waals surface area contributed by atoms with Crippen LogP contribution in [-0.4, -0.2) is 23.4 Å². The molecule has 1 saturated carbocycles. The molecule has 0 aromatic carbocycles. The van der Waals surface area contributed by atoms with E-state index in [1.54, 1.807) is 0 Å². The zero-order chi connectivity index (χ0) is 22.7. The Morgan fingerprint density at radius 3 is 2.23 bits per heavy atom. The van der Waals surface area contributed by atoms with Crippen LogP contribution in [0.25, 0.3) is 0 Å². The van der Waals surface area contributed by atoms with E-state index in [0.29, 0.717) is 5.56 Å². The van der Waals surface area contributed by atoms with Gasteiger partial charge in [0.25, 0.3) is 5.91 Å². The number of alkyl halides is 5. The minimum atomic E-state index is -4.63. The number of aromatic nitrogens is 1. The summed E-state index contributed by atoms with van der Waals surface area (Å²) in [5.74, 6) is -4.43. The maximum absolute atomic E-state index is 13.7. The molecule has 9 heteroatoms. The highest BCUT2D eigenvalue weighted by Gasteiger charge is 2.45. The maximum atomic E-state index is 13.7. The van der Waals surface area contributed by atoms with Gasteiger partial charge in [-0.2, -0.15) is 13.2 Å². The van der Waals surface area contributed by atoms with Crippen molar-refractivity contribution in [1.29, 1.82) is 0 Å². The molecule has 2 rings (SSSR count). The molecule has 1 aromatic heterocycles. The number of nitrogens with one attached hydrogen (secondary N) is 1. The van der Waals surface area contributed by atoms with E-state index in [2.05, 4.69) is 23.5 Å². The van der Waals surface area contributed by atoms with Crippen molar-refractivity contribution in [2.24, 2.45) is 0 Å². The largest absolute Gasteiger partial charge is 0.433 e. The molecule has 1 fully saturated rings. The molecule has 1 aliphatic rings. The normalized spacial score (nSPS) is 18.6. The van der Waals surface area contributed by atoms with Gasteiger partial charge in [0.1, 0.15) is 11.5 Å². The molecule has 1 aromatic rings. The number of carbonyl (C=O) groups excluding carboxylic acids is 1. The average molecular weight is 432 g/mol. The van der Waals surface area contributed by atoms with Crippen molar-refractivity contribution >= 4 is 5.91 Å². The second-order valence-electron chi connectivity index (χ2n) is 7.53. The predicted octanol–water partition coefficient (Wildman–Crippen LogP) is 5.65. The topological polar surface area (TPSA) is 42.0 Å². The first-order valence-corrected chi connectivity index (χ1v) is 9.17. The van der Waals surface area contributed by atoms with Crippen LogP contribution in [0.5, 0.6) is 0 Å². The zero-order valence-corrected chi connectivity index (χ0v) is 16.4. The fourth-order valence-corrected chi connectivity index (χ4v) is 3.42. The van der Waals surface area contributed by atoms with Crippen molar-refractivity contribution in [2.75, 3.05) is 6.54 Å². The summed E-state index contributed by atoms with van der Waals surface area (Å²) in [5.41, 5.74) is -1.60. The molecule has 1 heterocycles. The molecule has 1 aliphatic carbocycles. The Labute approximate surface area is 170 Å². The summed E-state index contributed by atoms with van der Waals surface area (Å²) in [4.78, 5) is 15.9. The van der Waals surface area contributed by atoms with Crippen molar-refractivity contribution in [3.05, 3.63) is 65.8 Å². The monoisotopic (exact) mass is 432 g/mol. The highest BCUT2D eigenvalue weighted by Crippen LogP contribution is 2.45. The first-order chi connectivity index (χ1) is 13.8. The Balaban J connectivity index is 2.31. The lowest BCUT2D eigenvalue weighted by Gasteiger charge is -2.40. The van der Waals surface area contributed by atoms with E-state index in [9.17, 15) is 31.1 Å². The summed E-state index contributed by atoms with van der Waals surface area (Å²) in [5, 5.41) is 2.58. The van der Waals surface area contributed by atoms with E-state index in [1.165, 1.54) is 13.0 Å². The minimum Gasteiger partial charge on any atom is -0.351 e. The van der Waals surface area contributed by atoms with E-state index in [0.717, 1.165) is 18.3 Å². The lowest BCUT2D eigenvalue weighted by atomic mass is 9.68. The van der Waals surface area contributed by atoms with Gasteiger partial charge in [-0.3, -0.25) is 9.78 Å². The first-order valence-electron chi connectivity index (χ1n) is 9.17. The lowest BCUT2D eigenvalue weighted by molar-refractivity contribution is -0.141. The van der Waals surface area contributed by atoms with Crippen molar-refractivity contribution in [2.45, 2.75) is 50.1 Å². The van der Waals surface area contributed by atoms with Crippen molar-refractivity contribution < 1.29 is 31.1 Å². The second-order valence-corrected chi connectivity index (χ2v) is 7.53. The smallest absolute Gasteiger partial charge is 0.351 e. The molecule has 164 valence electrons. The highest BCUT2D eigenvalue weighted by molar-refractivity contribution is 5.97. The minimum absolute atomic E-state index is 0.0603. The highest BCUT2D eigenvalue weighted by atomic mass is 19.4. The number of hydrogen-bond donors (Lipinski definition) is 1. The van der Waals surface area contributed by atoms with Gasteiger partial charge in [-0.25, -0.2) is 13.2 Å². The van der Waals surface area contributed by atoms with Crippen LogP contribution in [0, 0.1) is 0 Å². The van der Waals surface area contributed by atoms with Gasteiger partial charge in [0.05, 0.1) is 0 Å². The van der Waals surface area contributed by atoms with E-state index in [-0.39, 0.29) is 30.5 Å². The Bertz CT molecular complexity index is 845. The van der Waals surface area contributed by atoms with Gasteiger partial charge in [-0.1, -0.05) is 19.2 Å². The maximum Gasteiger partial charge on any atom is 0.433 e. The van der Waals surface area contributed by atoms with Crippen LogP contribution in [0.1, 0.15) is 43.9 Å². The molecule has 1 N–H and O–H groups in total. The number of allylic oxidation sites excluding steroid dienone is 2. The van der Waals surface area contributed by atoms with E-state index in [4.69, 9.17) is 0 Å². The number of hydrogen-bond acceptors (Lipinski definition) is 2. The molecular weight excluding hydrogens is 410 g/mol. The van der Waals surface area contributed by atoms with Gasteiger partial charge in [-0.15, -0.1) is 0 Å². The molecular formula is C21H22F6N2O. The summed E-state index contributed by atoms with van der Waals surface area (Å²) in [6, 6.07) is 1.99. The summed E-state index contributed by atoms with van der Waals surface area (Å²) in [6.45, 7) is 8.03. The Kier molecular flexibility index (Phi) is 6.83. The number of nitrogens with zero attached hydrogens (tertiary/aromatic N) is 1. The van der Waals surface area contributed by atoms with Crippen molar-refractivity contribution in [3.63, 3.8) is 0 Å². The Morgan fingerprint density at radius 2 is 1.80 bits per heavy atom. The standard InChI is InChI=1S/C21H22F6N2O/c1-13(2)16(10-14(3)22)18(30)29-12-19(6-8-20(23,24)9-7-19)15-4-5-17(28-11-15)21(25,26)27/h4-5,10-11H,1,3,6-9,12H2,2H3,(H,29,30)/b16-10+. The lowest BCUT2D eigenvalue weighted by Crippen LogP contribution is -2.46. The molecule has 0 bridgehead atoms. The summed E-state index contributed by atoms with van der Waals surface area (Å²) in [7, 11) is 0. The van der Waals surface area contributed by atoms with Crippen LogP contribution in [0.4, 0.5) is 26.3 Å². The van der Waals surface area contributed by atoms with Crippen molar-refractivity contribution in [3.8, 4) is 0 Å². The molecule has 0 spiro atoms. The Morgan fingerprint density at radius 1 is 1.20 bits per heavy atom. The molecule has 0 unspecified atom stereocenters. The molecule has 0 atom stereocenters. The summed E-state index contributed by atoms with van der Waals surface area (Å²) in [6.07, 6.45) is -3.79. The van der Waals surface area contributed by atoms with Crippen LogP contribution in [0.3, 0.4) is 0 Å². The zero-order valence-electron chi connectivity index (χ0n) is 16.4. The molecule has 0 radical (unpaired) electrons. The van der Waals surface area contributed by atoms with E-state index < -0.39 is 47.8 Å². The molecule has 3 nitrogen and oxygen atoms in total. The first kappa shape index (κ1) is 23.7. The number of halogens is 6. The van der Waals surface area contributed by atoms with Crippen LogP contribution in [-0.2, 0) is 16.4 Å². The number of amides is 1. The number of pyridine rings is 1. The average Bonchev–Trinajstić information content (AvgIpc) is 2.64. The number of carbonyl (C=O) groups is 1. The van der Waals surface area contributed by atoms with Crippen LogP contribution in [0.2, 0.25) is 0 Å². The van der Waals surface area contributed by atoms with Crippen molar-refractivity contribution in [1.82, 2.24) is 10.3 Å². The van der Waals surface area contributed by atoms with Gasteiger partial charge in [-0.05, 0) is 43.0 Å². The molecule has 30 heavy (non-hydrogen) atoms. The van der Waals surface area contributed by atoms with Gasteiger partial charge in [0.2, 0.25) is 5.92 Å². The van der Waals surface area contributed by atoms with Gasteiger partial charge in [0.15, 0.2) is 0 Å². The number of rotatable bonds is 6. The van der Waals surface area contributed by atoms with Crippen LogP contribution < -0.4 is 5.32 Å². The summed E-state index contributed by atoms with van der Waals surface area (Å²) >= 11 is 0. The quantitative estimate of drug-likeness (QED) is 0.359. The van der Waals surface area contributed by atoms with Gasteiger partial charge in [0, 0.05) is 36.6 Å². The predicted molar refractivity (Wildman–Crippen MR) is 100 cm³/mol. The van der Waals surface area contributed by atoms with Crippen LogP contribution in [0.15, 0.2) is 54.5 Å². The molecule has 1 amide bonds. The third-order valence-electron chi connectivity index (χ3n) is 5.20. The fourth-order valence-electron chi connectivity index (χ4n) is 3.42. The molecule has 0 aliphatic heterocycles. The van der Waals surface area contributed by atoms with Gasteiger partial charge < -0.3 is 5.32 Å². The molecule has 0 saturated heterocycles. The summed E-state index contributed by atoms with van der Waals surface area (Å²) < 4.78 is 79.1. The SMILES string of the molecule is C=C(F)/C=C(\C(=C)C)C(=O)NCC1(c2ccc(C(F)(F)F)nc2)CCC(F)(F)CC1. The van der Waals surface area contributed by atoms with Gasteiger partial charge >= 0.3 is 6.18 Å². The second kappa shape index (κ2) is 8.65.